The van der Waals surface area contributed by atoms with Crippen LogP contribution >= 0.6 is 0 Å². The van der Waals surface area contributed by atoms with Gasteiger partial charge >= 0.3 is 6.03 Å². The Bertz CT molecular complexity index is 1270. The second kappa shape index (κ2) is 8.40. The van der Waals surface area contributed by atoms with Crippen molar-refractivity contribution < 1.29 is 23.2 Å². The number of nitrogens with zero attached hydrogens (tertiary/aromatic N) is 2. The first-order valence-electron chi connectivity index (χ1n) is 10.6. The normalized spacial score (nSPS) is 18.1. The van der Waals surface area contributed by atoms with Crippen LogP contribution in [0.1, 0.15) is 31.9 Å². The third-order valence-electron chi connectivity index (χ3n) is 6.03. The maximum absolute atomic E-state index is 15.0. The molecular formula is C25H24F2N4O3. The summed E-state index contributed by atoms with van der Waals surface area (Å²) in [6.45, 7) is 5.45. The second-order valence-corrected chi connectivity index (χ2v) is 8.87. The van der Waals surface area contributed by atoms with Crippen LogP contribution in [-0.4, -0.2) is 41.9 Å². The van der Waals surface area contributed by atoms with Gasteiger partial charge in [0.25, 0.3) is 5.91 Å². The second-order valence-electron chi connectivity index (χ2n) is 8.87. The van der Waals surface area contributed by atoms with Gasteiger partial charge in [0.05, 0.1) is 5.54 Å². The van der Waals surface area contributed by atoms with E-state index in [4.69, 9.17) is 0 Å². The summed E-state index contributed by atoms with van der Waals surface area (Å²) in [5.41, 5.74) is 2.56. The average molecular weight is 466 g/mol. The Morgan fingerprint density at radius 1 is 1.15 bits per heavy atom. The SMILES string of the molecule is CC1=CC(C)(C)N(C)c2cc(F)c(/C=C3/NC(=O)N(CC(=O)Nc4ccc(F)cc4)C3=O)cc21. The summed E-state index contributed by atoms with van der Waals surface area (Å²) < 4.78 is 28.0. The summed E-state index contributed by atoms with van der Waals surface area (Å²) in [6.07, 6.45) is 3.34. The zero-order valence-electron chi connectivity index (χ0n) is 19.2. The number of rotatable bonds is 4. The molecule has 1 saturated heterocycles. The number of nitrogens with one attached hydrogen (secondary N) is 2. The molecule has 1 fully saturated rings. The first-order chi connectivity index (χ1) is 16.0. The lowest BCUT2D eigenvalue weighted by Crippen LogP contribution is -2.42. The summed E-state index contributed by atoms with van der Waals surface area (Å²) in [6, 6.07) is 7.32. The highest BCUT2D eigenvalue weighted by molar-refractivity contribution is 6.16. The van der Waals surface area contributed by atoms with Crippen LogP contribution in [0.2, 0.25) is 0 Å². The van der Waals surface area contributed by atoms with E-state index in [2.05, 4.69) is 16.7 Å². The van der Waals surface area contributed by atoms with Crippen LogP contribution in [0.5, 0.6) is 0 Å². The molecule has 2 aliphatic heterocycles. The van der Waals surface area contributed by atoms with Crippen molar-refractivity contribution in [3.8, 4) is 0 Å². The number of imide groups is 1. The molecule has 0 atom stereocenters. The number of carbonyl (C=O) groups is 3. The maximum Gasteiger partial charge on any atom is 0.329 e. The Kier molecular flexibility index (Phi) is 5.72. The number of benzene rings is 2. The minimum Gasteiger partial charge on any atom is -0.365 e. The molecule has 2 N–H and O–H groups in total. The van der Waals surface area contributed by atoms with Gasteiger partial charge in [-0.2, -0.15) is 0 Å². The van der Waals surface area contributed by atoms with Crippen LogP contribution in [0.4, 0.5) is 25.0 Å². The Morgan fingerprint density at radius 3 is 2.50 bits per heavy atom. The molecule has 0 aliphatic carbocycles. The molecule has 0 saturated carbocycles. The van der Waals surface area contributed by atoms with Gasteiger partial charge < -0.3 is 15.5 Å². The van der Waals surface area contributed by atoms with E-state index in [9.17, 15) is 23.2 Å². The van der Waals surface area contributed by atoms with E-state index in [1.165, 1.54) is 36.4 Å². The van der Waals surface area contributed by atoms with Crippen LogP contribution in [-0.2, 0) is 9.59 Å². The molecule has 2 aromatic rings. The number of carbonyl (C=O) groups excluding carboxylic acids is 3. The van der Waals surface area contributed by atoms with Crippen molar-refractivity contribution in [3.63, 3.8) is 0 Å². The van der Waals surface area contributed by atoms with E-state index >= 15 is 0 Å². The Morgan fingerprint density at radius 2 is 1.82 bits per heavy atom. The number of allylic oxidation sites excluding steroid dienone is 1. The number of halogens is 2. The molecular weight excluding hydrogens is 442 g/mol. The van der Waals surface area contributed by atoms with Crippen LogP contribution in [0.15, 0.2) is 48.2 Å². The highest BCUT2D eigenvalue weighted by atomic mass is 19.1. The van der Waals surface area contributed by atoms with E-state index < -0.39 is 36.0 Å². The Balaban J connectivity index is 1.55. The summed E-state index contributed by atoms with van der Waals surface area (Å²) in [4.78, 5) is 40.0. The molecule has 34 heavy (non-hydrogen) atoms. The van der Waals surface area contributed by atoms with Gasteiger partial charge in [-0.1, -0.05) is 6.08 Å². The van der Waals surface area contributed by atoms with Crippen LogP contribution in [0.3, 0.4) is 0 Å². The number of anilines is 2. The van der Waals surface area contributed by atoms with Gasteiger partial charge in [-0.05, 0) is 68.8 Å². The van der Waals surface area contributed by atoms with Crippen molar-refractivity contribution in [3.05, 3.63) is 70.9 Å². The summed E-state index contributed by atoms with van der Waals surface area (Å²) >= 11 is 0. The fraction of sp³-hybridized carbons (Fsp3) is 0.240. The number of urea groups is 1. The molecule has 2 aliphatic rings. The van der Waals surface area contributed by atoms with Crippen molar-refractivity contribution in [1.29, 1.82) is 0 Å². The van der Waals surface area contributed by atoms with Gasteiger partial charge in [0.2, 0.25) is 5.91 Å². The predicted molar refractivity (Wildman–Crippen MR) is 126 cm³/mol. The zero-order chi connectivity index (χ0) is 24.8. The molecule has 0 aromatic heterocycles. The van der Waals surface area contributed by atoms with Crippen molar-refractivity contribution >= 4 is 40.9 Å². The lowest BCUT2D eigenvalue weighted by molar-refractivity contribution is -0.127. The average Bonchev–Trinajstić information content (AvgIpc) is 3.02. The monoisotopic (exact) mass is 466 g/mol. The van der Waals surface area contributed by atoms with Crippen LogP contribution in [0.25, 0.3) is 11.6 Å². The zero-order valence-corrected chi connectivity index (χ0v) is 19.2. The third-order valence-corrected chi connectivity index (χ3v) is 6.03. The largest absolute Gasteiger partial charge is 0.365 e. The molecule has 2 heterocycles. The summed E-state index contributed by atoms with van der Waals surface area (Å²) in [5, 5.41) is 4.89. The van der Waals surface area contributed by atoms with Gasteiger partial charge in [-0.3, -0.25) is 9.59 Å². The number of hydrogen-bond acceptors (Lipinski definition) is 4. The van der Waals surface area contributed by atoms with Gasteiger partial charge in [0.15, 0.2) is 0 Å². The van der Waals surface area contributed by atoms with E-state index in [1.54, 1.807) is 6.07 Å². The molecule has 2 aromatic carbocycles. The number of hydrogen-bond donors (Lipinski definition) is 2. The highest BCUT2D eigenvalue weighted by Crippen LogP contribution is 2.39. The first-order valence-corrected chi connectivity index (χ1v) is 10.6. The third kappa shape index (κ3) is 4.28. The fourth-order valence-corrected chi connectivity index (χ4v) is 4.05. The van der Waals surface area contributed by atoms with Crippen molar-refractivity contribution in [2.75, 3.05) is 23.8 Å². The lowest BCUT2D eigenvalue weighted by Gasteiger charge is -2.40. The Labute approximate surface area is 195 Å². The van der Waals surface area contributed by atoms with E-state index in [-0.39, 0.29) is 16.8 Å². The quantitative estimate of drug-likeness (QED) is 0.525. The minimum atomic E-state index is -0.790. The molecule has 4 rings (SSSR count). The van der Waals surface area contributed by atoms with Crippen molar-refractivity contribution in [2.24, 2.45) is 0 Å². The topological polar surface area (TPSA) is 81.8 Å². The van der Waals surface area contributed by atoms with Gasteiger partial charge in [0, 0.05) is 29.5 Å². The molecule has 0 bridgehead atoms. The van der Waals surface area contributed by atoms with Gasteiger partial charge in [-0.15, -0.1) is 0 Å². The molecule has 9 heteroatoms. The van der Waals surface area contributed by atoms with E-state index in [0.717, 1.165) is 21.7 Å². The van der Waals surface area contributed by atoms with Crippen molar-refractivity contribution in [2.45, 2.75) is 26.3 Å². The highest BCUT2D eigenvalue weighted by Gasteiger charge is 2.35. The number of fused-ring (bicyclic) bond motifs is 1. The molecule has 0 spiro atoms. The van der Waals surface area contributed by atoms with Crippen LogP contribution < -0.4 is 15.5 Å². The fourth-order valence-electron chi connectivity index (χ4n) is 4.05. The molecule has 0 unspecified atom stereocenters. The Hall–Kier alpha value is -4.01. The molecule has 7 nitrogen and oxygen atoms in total. The van der Waals surface area contributed by atoms with Gasteiger partial charge in [0.1, 0.15) is 23.9 Å². The standard InChI is InChI=1S/C25H24F2N4O3/c1-14-12-25(2,3)30(4)21-11-19(27)15(9-18(14)21)10-20-23(33)31(24(34)29-20)13-22(32)28-17-7-5-16(26)6-8-17/h5-12H,13H2,1-4H3,(H,28,32)(H,29,34)/b20-10+. The minimum absolute atomic E-state index is 0.135. The summed E-state index contributed by atoms with van der Waals surface area (Å²) in [5.74, 6) is -2.39. The predicted octanol–water partition coefficient (Wildman–Crippen LogP) is 4.13. The summed E-state index contributed by atoms with van der Waals surface area (Å²) in [7, 11) is 1.88. The first kappa shape index (κ1) is 23.2. The lowest BCUT2D eigenvalue weighted by atomic mass is 9.88. The molecule has 4 amide bonds. The maximum atomic E-state index is 15.0. The van der Waals surface area contributed by atoms with E-state index in [1.807, 2.05) is 32.7 Å². The van der Waals surface area contributed by atoms with E-state index in [0.29, 0.717) is 5.69 Å². The molecule has 0 radical (unpaired) electrons. The number of likely N-dealkylation sites (N-methyl/N-ethyl adjacent to an activating group) is 1. The molecule has 176 valence electrons. The van der Waals surface area contributed by atoms with Crippen LogP contribution in [0, 0.1) is 11.6 Å². The van der Waals surface area contributed by atoms with Crippen molar-refractivity contribution in [1.82, 2.24) is 10.2 Å². The number of amides is 4. The van der Waals surface area contributed by atoms with Gasteiger partial charge in [-0.25, -0.2) is 18.5 Å². The smallest absolute Gasteiger partial charge is 0.329 e.